The lowest BCUT2D eigenvalue weighted by atomic mass is 9.99. The third kappa shape index (κ3) is 4.08. The Morgan fingerprint density at radius 1 is 1.38 bits per heavy atom. The van der Waals surface area contributed by atoms with Gasteiger partial charge in [-0.3, -0.25) is 0 Å². The van der Waals surface area contributed by atoms with Crippen molar-refractivity contribution in [1.82, 2.24) is 10.0 Å². The molecular weight excluding hydrogens is 288 g/mol. The Hall–Kier alpha value is -0.850. The second-order valence-electron chi connectivity index (χ2n) is 5.93. The van der Waals surface area contributed by atoms with Crippen LogP contribution in [-0.4, -0.2) is 21.5 Å². The molecule has 0 bridgehead atoms. The quantitative estimate of drug-likeness (QED) is 0.811. The molecule has 1 aliphatic rings. The normalized spacial score (nSPS) is 22.8. The molecule has 2 atom stereocenters. The van der Waals surface area contributed by atoms with Gasteiger partial charge in [-0.05, 0) is 31.7 Å². The van der Waals surface area contributed by atoms with Gasteiger partial charge >= 0.3 is 0 Å². The number of hydrogen-bond donors (Lipinski definition) is 2. The lowest BCUT2D eigenvalue weighted by molar-refractivity contribution is 0.414. The number of furan rings is 1. The maximum atomic E-state index is 12.4. The van der Waals surface area contributed by atoms with Crippen molar-refractivity contribution >= 4 is 10.0 Å². The van der Waals surface area contributed by atoms with E-state index in [4.69, 9.17) is 4.42 Å². The van der Waals surface area contributed by atoms with Crippen LogP contribution in [0.5, 0.6) is 0 Å². The van der Waals surface area contributed by atoms with E-state index in [9.17, 15) is 8.42 Å². The minimum absolute atomic E-state index is 0.265. The zero-order chi connectivity index (χ0) is 15.5. The van der Waals surface area contributed by atoms with Crippen molar-refractivity contribution in [2.45, 2.75) is 51.5 Å². The monoisotopic (exact) mass is 314 g/mol. The SMILES string of the molecule is CCNCc1cc(S(=O)(=O)NCC2CCCC2C)c(C)o1. The highest BCUT2D eigenvalue weighted by Crippen LogP contribution is 2.31. The first-order valence-corrected chi connectivity index (χ1v) is 9.22. The van der Waals surface area contributed by atoms with Gasteiger partial charge in [-0.15, -0.1) is 0 Å². The van der Waals surface area contributed by atoms with Crippen LogP contribution in [-0.2, 0) is 16.6 Å². The molecule has 5 nitrogen and oxygen atoms in total. The second-order valence-corrected chi connectivity index (χ2v) is 7.67. The van der Waals surface area contributed by atoms with E-state index in [1.165, 1.54) is 12.8 Å². The summed E-state index contributed by atoms with van der Waals surface area (Å²) in [6.07, 6.45) is 3.51. The molecule has 1 heterocycles. The van der Waals surface area contributed by atoms with E-state index in [2.05, 4.69) is 17.0 Å². The second kappa shape index (κ2) is 6.94. The summed E-state index contributed by atoms with van der Waals surface area (Å²) < 4.78 is 33.1. The molecule has 6 heteroatoms. The molecule has 21 heavy (non-hydrogen) atoms. The summed E-state index contributed by atoms with van der Waals surface area (Å²) in [5.41, 5.74) is 0. The largest absolute Gasteiger partial charge is 0.464 e. The fourth-order valence-electron chi connectivity index (χ4n) is 2.95. The lowest BCUT2D eigenvalue weighted by Crippen LogP contribution is -2.30. The van der Waals surface area contributed by atoms with Gasteiger partial charge in [-0.1, -0.05) is 26.7 Å². The van der Waals surface area contributed by atoms with E-state index < -0.39 is 10.0 Å². The molecule has 120 valence electrons. The lowest BCUT2D eigenvalue weighted by Gasteiger charge is -2.15. The fraction of sp³-hybridized carbons (Fsp3) is 0.733. The molecular formula is C15H26N2O3S. The van der Waals surface area contributed by atoms with Gasteiger partial charge < -0.3 is 9.73 Å². The molecule has 0 aliphatic heterocycles. The third-order valence-electron chi connectivity index (χ3n) is 4.34. The van der Waals surface area contributed by atoms with Gasteiger partial charge in [-0.2, -0.15) is 0 Å². The Morgan fingerprint density at radius 3 is 2.76 bits per heavy atom. The summed E-state index contributed by atoms with van der Waals surface area (Å²) in [6.45, 7) is 7.78. The molecule has 1 aromatic heterocycles. The third-order valence-corrected chi connectivity index (χ3v) is 5.87. The van der Waals surface area contributed by atoms with Crippen LogP contribution in [0.4, 0.5) is 0 Å². The zero-order valence-electron chi connectivity index (χ0n) is 13.1. The Kier molecular flexibility index (Phi) is 5.46. The number of rotatable bonds is 7. The van der Waals surface area contributed by atoms with Crippen LogP contribution in [0.1, 0.15) is 44.6 Å². The van der Waals surface area contributed by atoms with Crippen LogP contribution in [0.2, 0.25) is 0 Å². The van der Waals surface area contributed by atoms with Crippen LogP contribution in [0.15, 0.2) is 15.4 Å². The van der Waals surface area contributed by atoms with Gasteiger partial charge in [0.1, 0.15) is 16.4 Å². The topological polar surface area (TPSA) is 71.3 Å². The number of aryl methyl sites for hydroxylation is 1. The molecule has 0 saturated heterocycles. The van der Waals surface area contributed by atoms with Crippen molar-refractivity contribution in [3.8, 4) is 0 Å². The molecule has 1 aromatic rings. The van der Waals surface area contributed by atoms with Crippen molar-refractivity contribution in [3.05, 3.63) is 17.6 Å². The van der Waals surface area contributed by atoms with E-state index in [-0.39, 0.29) is 4.90 Å². The summed E-state index contributed by atoms with van der Waals surface area (Å²) in [6, 6.07) is 1.62. The van der Waals surface area contributed by atoms with Gasteiger partial charge in [0, 0.05) is 12.6 Å². The first-order valence-electron chi connectivity index (χ1n) is 7.73. The standard InChI is InChI=1S/C15H26N2O3S/c1-4-16-10-14-8-15(12(3)20-14)21(18,19)17-9-13-7-5-6-11(13)2/h8,11,13,16-17H,4-7,9-10H2,1-3H3. The Bertz CT molecular complexity index is 565. The molecule has 1 saturated carbocycles. The van der Waals surface area contributed by atoms with Crippen LogP contribution < -0.4 is 10.0 Å². The molecule has 0 amide bonds. The van der Waals surface area contributed by atoms with Crippen LogP contribution in [0.25, 0.3) is 0 Å². The Morgan fingerprint density at radius 2 is 2.14 bits per heavy atom. The fourth-order valence-corrected chi connectivity index (χ4v) is 4.24. The highest BCUT2D eigenvalue weighted by molar-refractivity contribution is 7.89. The molecule has 1 fully saturated rings. The summed E-state index contributed by atoms with van der Waals surface area (Å²) in [5, 5.41) is 3.13. The van der Waals surface area contributed by atoms with E-state index >= 15 is 0 Å². The van der Waals surface area contributed by atoms with Crippen molar-refractivity contribution in [1.29, 1.82) is 0 Å². The van der Waals surface area contributed by atoms with Crippen molar-refractivity contribution in [2.75, 3.05) is 13.1 Å². The summed E-state index contributed by atoms with van der Waals surface area (Å²) >= 11 is 0. The molecule has 0 spiro atoms. The van der Waals surface area contributed by atoms with Gasteiger partial charge in [-0.25, -0.2) is 13.1 Å². The predicted octanol–water partition coefficient (Wildman–Crippen LogP) is 2.41. The van der Waals surface area contributed by atoms with E-state index in [0.717, 1.165) is 13.0 Å². The first-order chi connectivity index (χ1) is 9.94. The first kappa shape index (κ1) is 16.5. The molecule has 2 rings (SSSR count). The Labute approximate surface area is 127 Å². The zero-order valence-corrected chi connectivity index (χ0v) is 13.9. The highest BCUT2D eigenvalue weighted by Gasteiger charge is 2.27. The summed E-state index contributed by atoms with van der Waals surface area (Å²) in [7, 11) is -3.48. The van der Waals surface area contributed by atoms with E-state index in [1.807, 2.05) is 6.92 Å². The van der Waals surface area contributed by atoms with Crippen LogP contribution >= 0.6 is 0 Å². The van der Waals surface area contributed by atoms with Gasteiger partial charge in [0.2, 0.25) is 10.0 Å². The minimum Gasteiger partial charge on any atom is -0.464 e. The van der Waals surface area contributed by atoms with Gasteiger partial charge in [0.15, 0.2) is 0 Å². The van der Waals surface area contributed by atoms with Gasteiger partial charge in [0.05, 0.1) is 6.54 Å². The molecule has 0 radical (unpaired) electrons. The van der Waals surface area contributed by atoms with Crippen LogP contribution in [0, 0.1) is 18.8 Å². The summed E-state index contributed by atoms with van der Waals surface area (Å²) in [5.74, 6) is 2.16. The minimum atomic E-state index is -3.48. The van der Waals surface area contributed by atoms with E-state index in [1.54, 1.807) is 13.0 Å². The predicted molar refractivity (Wildman–Crippen MR) is 82.5 cm³/mol. The number of sulfonamides is 1. The molecule has 1 aliphatic carbocycles. The maximum Gasteiger partial charge on any atom is 0.244 e. The molecule has 0 aromatic carbocycles. The smallest absolute Gasteiger partial charge is 0.244 e. The average molecular weight is 314 g/mol. The van der Waals surface area contributed by atoms with Crippen molar-refractivity contribution in [3.63, 3.8) is 0 Å². The molecule has 2 unspecified atom stereocenters. The van der Waals surface area contributed by atoms with Gasteiger partial charge in [0.25, 0.3) is 0 Å². The van der Waals surface area contributed by atoms with Crippen molar-refractivity contribution in [2.24, 2.45) is 11.8 Å². The maximum absolute atomic E-state index is 12.4. The average Bonchev–Trinajstić information content (AvgIpc) is 3.00. The highest BCUT2D eigenvalue weighted by atomic mass is 32.2. The van der Waals surface area contributed by atoms with Crippen molar-refractivity contribution < 1.29 is 12.8 Å². The number of nitrogens with one attached hydrogen (secondary N) is 2. The van der Waals surface area contributed by atoms with E-state index in [0.29, 0.717) is 36.4 Å². The summed E-state index contributed by atoms with van der Waals surface area (Å²) in [4.78, 5) is 0.265. The number of hydrogen-bond acceptors (Lipinski definition) is 4. The Balaban J connectivity index is 2.03. The van der Waals surface area contributed by atoms with Crippen LogP contribution in [0.3, 0.4) is 0 Å². The molecule has 2 N–H and O–H groups in total.